The first kappa shape index (κ1) is 11.2. The maximum absolute atomic E-state index is 3.65. The quantitative estimate of drug-likeness (QED) is 0.746. The van der Waals surface area contributed by atoms with Gasteiger partial charge in [-0.25, -0.2) is 0 Å². The number of unbranched alkanes of at least 4 members (excludes halogenated alkanes) is 3. The molecule has 0 bridgehead atoms. The molecule has 1 aliphatic rings. The van der Waals surface area contributed by atoms with Gasteiger partial charge in [-0.15, -0.1) is 11.3 Å². The number of rotatable bonds is 5. The van der Waals surface area contributed by atoms with Gasteiger partial charge in [0, 0.05) is 10.9 Å². The summed E-state index contributed by atoms with van der Waals surface area (Å²) in [5.74, 6) is 0. The molecule has 1 unspecified atom stereocenters. The molecule has 2 heteroatoms. The third-order valence-corrected chi connectivity index (χ3v) is 4.30. The van der Waals surface area contributed by atoms with Crippen LogP contribution in [-0.2, 0) is 6.42 Å². The molecule has 15 heavy (non-hydrogen) atoms. The summed E-state index contributed by atoms with van der Waals surface area (Å²) < 4.78 is 0. The lowest BCUT2D eigenvalue weighted by Crippen LogP contribution is -2.28. The van der Waals surface area contributed by atoms with Crippen molar-refractivity contribution in [3.8, 4) is 0 Å². The van der Waals surface area contributed by atoms with E-state index in [9.17, 15) is 0 Å². The molecule has 0 fully saturated rings. The predicted octanol–water partition coefficient (Wildman–Crippen LogP) is 3.91. The maximum Gasteiger partial charge on any atom is 0.0417 e. The van der Waals surface area contributed by atoms with E-state index in [1.54, 1.807) is 10.4 Å². The molecule has 0 amide bonds. The fourth-order valence-corrected chi connectivity index (χ4v) is 3.41. The van der Waals surface area contributed by atoms with Crippen molar-refractivity contribution in [1.29, 1.82) is 0 Å². The molecular formula is C13H21NS. The number of thiophene rings is 1. The van der Waals surface area contributed by atoms with Crippen LogP contribution in [-0.4, -0.2) is 6.54 Å². The van der Waals surface area contributed by atoms with Gasteiger partial charge in [0.25, 0.3) is 0 Å². The molecule has 84 valence electrons. The SMILES string of the molecule is CCCCCCC1NCCc2ccsc21. The summed E-state index contributed by atoms with van der Waals surface area (Å²) >= 11 is 1.93. The minimum Gasteiger partial charge on any atom is -0.309 e. The van der Waals surface area contributed by atoms with E-state index in [0.717, 1.165) is 0 Å². The number of hydrogen-bond acceptors (Lipinski definition) is 2. The first-order chi connectivity index (χ1) is 7.42. The van der Waals surface area contributed by atoms with Crippen LogP contribution in [0.1, 0.15) is 55.5 Å². The molecule has 0 spiro atoms. The molecule has 0 saturated heterocycles. The van der Waals surface area contributed by atoms with E-state index in [0.29, 0.717) is 6.04 Å². The van der Waals surface area contributed by atoms with Crippen LogP contribution in [0.25, 0.3) is 0 Å². The fraction of sp³-hybridized carbons (Fsp3) is 0.692. The summed E-state index contributed by atoms with van der Waals surface area (Å²) in [6, 6.07) is 2.96. The standard InChI is InChI=1S/C13H21NS/c1-2-3-4-5-6-12-13-11(7-9-14-12)8-10-15-13/h8,10,12,14H,2-7,9H2,1H3. The van der Waals surface area contributed by atoms with Crippen molar-refractivity contribution in [2.24, 2.45) is 0 Å². The Morgan fingerprint density at radius 3 is 3.20 bits per heavy atom. The second kappa shape index (κ2) is 5.66. The van der Waals surface area contributed by atoms with Gasteiger partial charge in [0.15, 0.2) is 0 Å². The lowest BCUT2D eigenvalue weighted by molar-refractivity contribution is 0.459. The van der Waals surface area contributed by atoms with Gasteiger partial charge in [0.05, 0.1) is 0 Å². The van der Waals surface area contributed by atoms with Crippen molar-refractivity contribution in [1.82, 2.24) is 5.32 Å². The highest BCUT2D eigenvalue weighted by Gasteiger charge is 2.19. The first-order valence-electron chi connectivity index (χ1n) is 6.21. The number of nitrogens with one attached hydrogen (secondary N) is 1. The van der Waals surface area contributed by atoms with Gasteiger partial charge in [-0.2, -0.15) is 0 Å². The molecule has 2 heterocycles. The summed E-state index contributed by atoms with van der Waals surface area (Å²) in [7, 11) is 0. The zero-order chi connectivity index (χ0) is 10.5. The molecule has 0 saturated carbocycles. The van der Waals surface area contributed by atoms with Crippen LogP contribution in [0.15, 0.2) is 11.4 Å². The Kier molecular flexibility index (Phi) is 4.21. The Labute approximate surface area is 96.9 Å². The molecule has 1 aromatic rings. The third kappa shape index (κ3) is 2.82. The van der Waals surface area contributed by atoms with Gasteiger partial charge >= 0.3 is 0 Å². The highest BCUT2D eigenvalue weighted by Crippen LogP contribution is 2.31. The fourth-order valence-electron chi connectivity index (χ4n) is 2.34. The summed E-state index contributed by atoms with van der Waals surface area (Å²) in [6.45, 7) is 3.44. The van der Waals surface area contributed by atoms with Gasteiger partial charge in [0.1, 0.15) is 0 Å². The second-order valence-electron chi connectivity index (χ2n) is 4.42. The highest BCUT2D eigenvalue weighted by molar-refractivity contribution is 7.10. The average molecular weight is 223 g/mol. The van der Waals surface area contributed by atoms with Crippen molar-refractivity contribution in [2.45, 2.75) is 51.5 Å². The average Bonchev–Trinajstić information content (AvgIpc) is 2.73. The molecule has 0 aromatic carbocycles. The van der Waals surface area contributed by atoms with E-state index in [4.69, 9.17) is 0 Å². The topological polar surface area (TPSA) is 12.0 Å². The van der Waals surface area contributed by atoms with E-state index in [-0.39, 0.29) is 0 Å². The Morgan fingerprint density at radius 2 is 2.33 bits per heavy atom. The van der Waals surface area contributed by atoms with Crippen molar-refractivity contribution in [3.05, 3.63) is 21.9 Å². The Hall–Kier alpha value is -0.340. The zero-order valence-corrected chi connectivity index (χ0v) is 10.4. The Balaban J connectivity index is 1.84. The Bertz CT molecular complexity index is 292. The molecule has 2 rings (SSSR count). The van der Waals surface area contributed by atoms with Crippen LogP contribution < -0.4 is 5.32 Å². The summed E-state index contributed by atoms with van der Waals surface area (Å²) in [4.78, 5) is 1.61. The summed E-state index contributed by atoms with van der Waals surface area (Å²) in [5, 5.41) is 5.90. The minimum atomic E-state index is 0.658. The van der Waals surface area contributed by atoms with Crippen LogP contribution in [0.4, 0.5) is 0 Å². The zero-order valence-electron chi connectivity index (χ0n) is 9.59. The molecule has 1 atom stereocenters. The summed E-state index contributed by atoms with van der Waals surface area (Å²) in [5.41, 5.74) is 1.60. The molecule has 1 aromatic heterocycles. The number of hydrogen-bond donors (Lipinski definition) is 1. The highest BCUT2D eigenvalue weighted by atomic mass is 32.1. The molecule has 0 aliphatic carbocycles. The van der Waals surface area contributed by atoms with Crippen LogP contribution in [0, 0.1) is 0 Å². The predicted molar refractivity (Wildman–Crippen MR) is 67.5 cm³/mol. The van der Waals surface area contributed by atoms with Crippen LogP contribution >= 0.6 is 11.3 Å². The second-order valence-corrected chi connectivity index (χ2v) is 5.36. The van der Waals surface area contributed by atoms with Gasteiger partial charge in [-0.05, 0) is 36.4 Å². The van der Waals surface area contributed by atoms with E-state index in [1.165, 1.54) is 45.1 Å². The largest absolute Gasteiger partial charge is 0.309 e. The van der Waals surface area contributed by atoms with Gasteiger partial charge in [-0.1, -0.05) is 32.6 Å². The molecule has 1 N–H and O–H groups in total. The van der Waals surface area contributed by atoms with Crippen molar-refractivity contribution >= 4 is 11.3 Å². The van der Waals surface area contributed by atoms with Crippen LogP contribution in [0.5, 0.6) is 0 Å². The lowest BCUT2D eigenvalue weighted by atomic mass is 9.99. The van der Waals surface area contributed by atoms with Gasteiger partial charge in [-0.3, -0.25) is 0 Å². The molecular weight excluding hydrogens is 202 g/mol. The van der Waals surface area contributed by atoms with Crippen LogP contribution in [0.2, 0.25) is 0 Å². The normalized spacial score (nSPS) is 20.2. The van der Waals surface area contributed by atoms with E-state index >= 15 is 0 Å². The molecule has 1 aliphatic heterocycles. The Morgan fingerprint density at radius 1 is 1.40 bits per heavy atom. The smallest absolute Gasteiger partial charge is 0.0417 e. The van der Waals surface area contributed by atoms with Crippen molar-refractivity contribution < 1.29 is 0 Å². The molecule has 0 radical (unpaired) electrons. The van der Waals surface area contributed by atoms with Gasteiger partial charge in [0.2, 0.25) is 0 Å². The van der Waals surface area contributed by atoms with Crippen molar-refractivity contribution in [3.63, 3.8) is 0 Å². The summed E-state index contributed by atoms with van der Waals surface area (Å²) in [6.07, 6.45) is 8.06. The molecule has 1 nitrogen and oxygen atoms in total. The van der Waals surface area contributed by atoms with E-state index in [1.807, 2.05) is 11.3 Å². The lowest BCUT2D eigenvalue weighted by Gasteiger charge is -2.23. The first-order valence-corrected chi connectivity index (χ1v) is 7.09. The van der Waals surface area contributed by atoms with E-state index < -0.39 is 0 Å². The minimum absolute atomic E-state index is 0.658. The van der Waals surface area contributed by atoms with Gasteiger partial charge < -0.3 is 5.32 Å². The monoisotopic (exact) mass is 223 g/mol. The van der Waals surface area contributed by atoms with Crippen LogP contribution in [0.3, 0.4) is 0 Å². The maximum atomic E-state index is 3.65. The van der Waals surface area contributed by atoms with E-state index in [2.05, 4.69) is 23.7 Å². The third-order valence-electron chi connectivity index (χ3n) is 3.23. The van der Waals surface area contributed by atoms with Crippen molar-refractivity contribution in [2.75, 3.05) is 6.54 Å². The number of fused-ring (bicyclic) bond motifs is 1.